The number of rotatable bonds is 5. The highest BCUT2D eigenvalue weighted by Crippen LogP contribution is 2.12. The molecule has 0 aromatic heterocycles. The summed E-state index contributed by atoms with van der Waals surface area (Å²) in [5.74, 6) is -1.82. The van der Waals surface area contributed by atoms with Crippen LogP contribution in [-0.2, 0) is 14.8 Å². The van der Waals surface area contributed by atoms with Crippen molar-refractivity contribution in [3.63, 3.8) is 0 Å². The first-order valence-electron chi connectivity index (χ1n) is 5.54. The van der Waals surface area contributed by atoms with Gasteiger partial charge in [-0.05, 0) is 25.0 Å². The molecular weight excluding hydrogens is 254 g/mol. The summed E-state index contributed by atoms with van der Waals surface area (Å²) in [4.78, 5) is 10.9. The first-order chi connectivity index (χ1) is 8.24. The van der Waals surface area contributed by atoms with E-state index in [0.717, 1.165) is 5.56 Å². The molecule has 0 unspecified atom stereocenters. The highest BCUT2D eigenvalue weighted by atomic mass is 32.2. The van der Waals surface area contributed by atoms with Gasteiger partial charge >= 0.3 is 0 Å². The van der Waals surface area contributed by atoms with Gasteiger partial charge in [-0.1, -0.05) is 31.5 Å². The van der Waals surface area contributed by atoms with Gasteiger partial charge < -0.3 is 9.90 Å². The van der Waals surface area contributed by atoms with Gasteiger partial charge in [0.05, 0.1) is 16.9 Å². The number of aliphatic carboxylic acids is 1. The Labute approximate surface area is 107 Å². The number of sulfonamides is 1. The average Bonchev–Trinajstić information content (AvgIpc) is 2.26. The van der Waals surface area contributed by atoms with Gasteiger partial charge in [0.1, 0.15) is 0 Å². The van der Waals surface area contributed by atoms with Crippen LogP contribution in [-0.4, -0.2) is 20.4 Å². The zero-order valence-electron chi connectivity index (χ0n) is 10.5. The van der Waals surface area contributed by atoms with Crippen molar-refractivity contribution >= 4 is 16.0 Å². The first kappa shape index (κ1) is 14.7. The molecule has 1 atom stereocenters. The second-order valence-electron chi connectivity index (χ2n) is 4.48. The average molecular weight is 270 g/mol. The zero-order chi connectivity index (χ0) is 13.9. The van der Waals surface area contributed by atoms with Crippen LogP contribution in [0.4, 0.5) is 0 Å². The molecule has 0 bridgehead atoms. The summed E-state index contributed by atoms with van der Waals surface area (Å²) in [5.41, 5.74) is 0.925. The summed E-state index contributed by atoms with van der Waals surface area (Å²) in [7, 11) is -3.84. The minimum atomic E-state index is -3.84. The van der Waals surface area contributed by atoms with Crippen LogP contribution in [0.5, 0.6) is 0 Å². The van der Waals surface area contributed by atoms with E-state index in [0.29, 0.717) is 0 Å². The lowest BCUT2D eigenvalue weighted by Crippen LogP contribution is -2.50. The Balaban J connectivity index is 3.01. The Kier molecular flexibility index (Phi) is 4.48. The molecule has 1 aromatic carbocycles. The number of hydrogen-bond donors (Lipinski definition) is 1. The standard InChI is InChI=1S/C12H17NO4S/c1-8(2)11(12(14)15)13-18(16,17)10-6-4-9(3)5-7-10/h4-8,11,13H,1-3H3,(H,14,15)/p-1/t11-/m0/s1. The summed E-state index contributed by atoms with van der Waals surface area (Å²) in [6.07, 6.45) is 0. The smallest absolute Gasteiger partial charge is 0.241 e. The molecule has 0 aliphatic carbocycles. The van der Waals surface area contributed by atoms with Crippen LogP contribution in [0.3, 0.4) is 0 Å². The lowest BCUT2D eigenvalue weighted by molar-refractivity contribution is -0.309. The molecule has 0 aliphatic heterocycles. The predicted molar refractivity (Wildman–Crippen MR) is 65.1 cm³/mol. The number of hydrogen-bond acceptors (Lipinski definition) is 4. The number of aryl methyl sites for hydroxylation is 1. The van der Waals surface area contributed by atoms with Gasteiger partial charge in [0, 0.05) is 0 Å². The normalized spacial score (nSPS) is 13.6. The summed E-state index contributed by atoms with van der Waals surface area (Å²) in [6, 6.07) is 4.93. The zero-order valence-corrected chi connectivity index (χ0v) is 11.3. The number of carbonyl (C=O) groups is 1. The summed E-state index contributed by atoms with van der Waals surface area (Å²) < 4.78 is 26.1. The van der Waals surface area contributed by atoms with E-state index in [9.17, 15) is 18.3 Å². The van der Waals surface area contributed by atoms with Crippen molar-refractivity contribution in [1.29, 1.82) is 0 Å². The van der Waals surface area contributed by atoms with Crippen LogP contribution in [0.1, 0.15) is 19.4 Å². The topological polar surface area (TPSA) is 86.3 Å². The van der Waals surface area contributed by atoms with Crippen molar-refractivity contribution < 1.29 is 18.3 Å². The number of benzene rings is 1. The van der Waals surface area contributed by atoms with E-state index in [1.165, 1.54) is 12.1 Å². The molecule has 0 amide bonds. The van der Waals surface area contributed by atoms with Crippen LogP contribution in [0.15, 0.2) is 29.2 Å². The number of nitrogens with one attached hydrogen (secondary N) is 1. The Morgan fingerprint density at radius 3 is 2.11 bits per heavy atom. The van der Waals surface area contributed by atoms with E-state index < -0.39 is 28.0 Å². The number of carbonyl (C=O) groups excluding carboxylic acids is 1. The van der Waals surface area contributed by atoms with Crippen molar-refractivity contribution in [2.45, 2.75) is 31.7 Å². The first-order valence-corrected chi connectivity index (χ1v) is 7.02. The largest absolute Gasteiger partial charge is 0.548 e. The van der Waals surface area contributed by atoms with E-state index in [2.05, 4.69) is 4.72 Å². The molecule has 5 nitrogen and oxygen atoms in total. The van der Waals surface area contributed by atoms with E-state index in [1.54, 1.807) is 26.0 Å². The second-order valence-corrected chi connectivity index (χ2v) is 6.19. The molecule has 0 radical (unpaired) electrons. The molecule has 18 heavy (non-hydrogen) atoms. The quantitative estimate of drug-likeness (QED) is 0.819. The highest BCUT2D eigenvalue weighted by Gasteiger charge is 2.23. The molecule has 0 aliphatic rings. The van der Waals surface area contributed by atoms with Crippen LogP contribution in [0.25, 0.3) is 0 Å². The Hall–Kier alpha value is -1.40. The van der Waals surface area contributed by atoms with Gasteiger partial charge in [-0.3, -0.25) is 0 Å². The summed E-state index contributed by atoms with van der Waals surface area (Å²) in [6.45, 7) is 5.05. The van der Waals surface area contributed by atoms with Gasteiger partial charge in [-0.15, -0.1) is 0 Å². The lowest BCUT2D eigenvalue weighted by atomic mass is 10.1. The fourth-order valence-electron chi connectivity index (χ4n) is 1.41. The third-order valence-corrected chi connectivity index (χ3v) is 3.99. The van der Waals surface area contributed by atoms with E-state index >= 15 is 0 Å². The molecule has 0 saturated heterocycles. The Morgan fingerprint density at radius 1 is 1.22 bits per heavy atom. The minimum absolute atomic E-state index is 0.0417. The van der Waals surface area contributed by atoms with Gasteiger partial charge in [-0.25, -0.2) is 13.1 Å². The van der Waals surface area contributed by atoms with E-state index in [4.69, 9.17) is 0 Å². The van der Waals surface area contributed by atoms with Gasteiger partial charge in [0.25, 0.3) is 0 Å². The monoisotopic (exact) mass is 270 g/mol. The predicted octanol–water partition coefficient (Wildman–Crippen LogP) is 0.0478. The molecule has 1 N–H and O–H groups in total. The summed E-state index contributed by atoms with van der Waals surface area (Å²) >= 11 is 0. The van der Waals surface area contributed by atoms with E-state index in [1.807, 2.05) is 6.92 Å². The van der Waals surface area contributed by atoms with Gasteiger partial charge in [0.15, 0.2) is 0 Å². The van der Waals surface area contributed by atoms with Crippen LogP contribution < -0.4 is 9.83 Å². The van der Waals surface area contributed by atoms with Crippen molar-refractivity contribution in [3.8, 4) is 0 Å². The van der Waals surface area contributed by atoms with Crippen LogP contribution in [0, 0.1) is 12.8 Å². The minimum Gasteiger partial charge on any atom is -0.548 e. The molecule has 0 spiro atoms. The molecule has 0 saturated carbocycles. The van der Waals surface area contributed by atoms with Crippen molar-refractivity contribution in [1.82, 2.24) is 4.72 Å². The summed E-state index contributed by atoms with van der Waals surface area (Å²) in [5, 5.41) is 10.9. The maximum absolute atomic E-state index is 12.0. The van der Waals surface area contributed by atoms with Crippen molar-refractivity contribution in [3.05, 3.63) is 29.8 Å². The van der Waals surface area contributed by atoms with Gasteiger partial charge in [0.2, 0.25) is 10.0 Å². The molecule has 0 heterocycles. The third-order valence-electron chi connectivity index (χ3n) is 2.53. The third kappa shape index (κ3) is 3.54. The van der Waals surface area contributed by atoms with Crippen molar-refractivity contribution in [2.75, 3.05) is 0 Å². The molecule has 1 rings (SSSR count). The Bertz CT molecular complexity index is 520. The highest BCUT2D eigenvalue weighted by molar-refractivity contribution is 7.89. The maximum atomic E-state index is 12.0. The molecule has 1 aromatic rings. The Morgan fingerprint density at radius 2 is 1.72 bits per heavy atom. The van der Waals surface area contributed by atoms with Crippen LogP contribution >= 0.6 is 0 Å². The van der Waals surface area contributed by atoms with Crippen molar-refractivity contribution in [2.24, 2.45) is 5.92 Å². The van der Waals surface area contributed by atoms with Crippen LogP contribution in [0.2, 0.25) is 0 Å². The molecule has 100 valence electrons. The number of carboxylic acids is 1. The number of carboxylic acid groups (broad SMARTS) is 1. The van der Waals surface area contributed by atoms with Gasteiger partial charge in [-0.2, -0.15) is 0 Å². The fourth-order valence-corrected chi connectivity index (χ4v) is 2.74. The molecular formula is C12H16NO4S-. The maximum Gasteiger partial charge on any atom is 0.241 e. The molecule has 6 heteroatoms. The lowest BCUT2D eigenvalue weighted by Gasteiger charge is -2.23. The fraction of sp³-hybridized carbons (Fsp3) is 0.417. The SMILES string of the molecule is Cc1ccc(S(=O)(=O)N[C@H](C(=O)[O-])C(C)C)cc1. The van der Waals surface area contributed by atoms with E-state index in [-0.39, 0.29) is 4.90 Å². The molecule has 0 fully saturated rings. The second kappa shape index (κ2) is 5.49.